The van der Waals surface area contributed by atoms with E-state index in [1.165, 1.54) is 0 Å². The van der Waals surface area contributed by atoms with E-state index in [0.29, 0.717) is 6.42 Å². The molecule has 1 amide bonds. The number of piperazine rings is 1. The molecule has 1 rings (SSSR count). The Hall–Kier alpha value is -0.610. The number of rotatable bonds is 3. The van der Waals surface area contributed by atoms with Crippen molar-refractivity contribution in [2.45, 2.75) is 32.4 Å². The monoisotopic (exact) mass is 186 g/mol. The second kappa shape index (κ2) is 4.58. The summed E-state index contributed by atoms with van der Waals surface area (Å²) >= 11 is 0. The number of carbonyl (C=O) groups is 1. The fourth-order valence-corrected chi connectivity index (χ4v) is 1.62. The molecular weight excluding hydrogens is 168 g/mol. The molecule has 0 saturated carbocycles. The van der Waals surface area contributed by atoms with Crippen LogP contribution in [0.25, 0.3) is 0 Å². The molecular formula is C9H18N2O2. The van der Waals surface area contributed by atoms with E-state index in [9.17, 15) is 4.79 Å². The molecule has 0 radical (unpaired) electrons. The summed E-state index contributed by atoms with van der Waals surface area (Å²) in [4.78, 5) is 13.6. The van der Waals surface area contributed by atoms with Gasteiger partial charge in [0.25, 0.3) is 0 Å². The number of aliphatic hydroxyl groups is 1. The minimum atomic E-state index is -0.179. The second-order valence-electron chi connectivity index (χ2n) is 3.64. The molecule has 0 aliphatic carbocycles. The highest BCUT2D eigenvalue weighted by Gasteiger charge is 2.28. The normalized spacial score (nSPS) is 24.2. The zero-order chi connectivity index (χ0) is 9.84. The first-order valence-corrected chi connectivity index (χ1v) is 4.81. The van der Waals surface area contributed by atoms with Crippen LogP contribution in [0.2, 0.25) is 0 Å². The number of amides is 1. The van der Waals surface area contributed by atoms with Gasteiger partial charge in [0, 0.05) is 25.7 Å². The van der Waals surface area contributed by atoms with Crippen LogP contribution in [0, 0.1) is 0 Å². The van der Waals surface area contributed by atoms with Crippen LogP contribution in [-0.4, -0.2) is 47.7 Å². The highest BCUT2D eigenvalue weighted by atomic mass is 16.3. The predicted molar refractivity (Wildman–Crippen MR) is 50.3 cm³/mol. The first kappa shape index (κ1) is 10.5. The first-order valence-electron chi connectivity index (χ1n) is 4.81. The third-order valence-electron chi connectivity index (χ3n) is 2.37. The summed E-state index contributed by atoms with van der Waals surface area (Å²) in [5, 5.41) is 11.9. The van der Waals surface area contributed by atoms with E-state index in [4.69, 9.17) is 5.11 Å². The van der Waals surface area contributed by atoms with Crippen molar-refractivity contribution in [3.05, 3.63) is 0 Å². The molecule has 13 heavy (non-hydrogen) atoms. The summed E-state index contributed by atoms with van der Waals surface area (Å²) in [5.74, 6) is 0.121. The van der Waals surface area contributed by atoms with Gasteiger partial charge < -0.3 is 15.3 Å². The Morgan fingerprint density at radius 3 is 2.92 bits per heavy atom. The average Bonchev–Trinajstić information content (AvgIpc) is 2.08. The van der Waals surface area contributed by atoms with Crippen LogP contribution in [0.15, 0.2) is 0 Å². The van der Waals surface area contributed by atoms with Crippen molar-refractivity contribution in [2.24, 2.45) is 0 Å². The predicted octanol–water partition coefficient (Wildman–Crippen LogP) is -0.422. The Bertz CT molecular complexity index is 180. The Kier molecular flexibility index (Phi) is 3.69. The van der Waals surface area contributed by atoms with E-state index < -0.39 is 0 Å². The number of aliphatic hydroxyl groups excluding tert-OH is 1. The summed E-state index contributed by atoms with van der Waals surface area (Å²) in [6.07, 6.45) is 0.516. The molecule has 1 fully saturated rings. The smallest absolute Gasteiger partial charge is 0.240 e. The third kappa shape index (κ3) is 2.42. The number of hydrogen-bond acceptors (Lipinski definition) is 3. The maximum Gasteiger partial charge on any atom is 0.240 e. The minimum Gasteiger partial charge on any atom is -0.396 e. The lowest BCUT2D eigenvalue weighted by Gasteiger charge is -2.35. The van der Waals surface area contributed by atoms with E-state index in [-0.39, 0.29) is 24.6 Å². The Morgan fingerprint density at radius 1 is 1.69 bits per heavy atom. The largest absolute Gasteiger partial charge is 0.396 e. The second-order valence-corrected chi connectivity index (χ2v) is 3.64. The summed E-state index contributed by atoms with van der Waals surface area (Å²) in [6, 6.07) is 0.0805. The molecule has 1 heterocycles. The van der Waals surface area contributed by atoms with Crippen LogP contribution in [0.3, 0.4) is 0 Å². The first-order chi connectivity index (χ1) is 6.16. The van der Waals surface area contributed by atoms with Gasteiger partial charge >= 0.3 is 0 Å². The lowest BCUT2D eigenvalue weighted by molar-refractivity contribution is -0.137. The molecule has 1 unspecified atom stereocenters. The third-order valence-corrected chi connectivity index (χ3v) is 2.37. The quantitative estimate of drug-likeness (QED) is 0.629. The van der Waals surface area contributed by atoms with Gasteiger partial charge in [0.2, 0.25) is 5.91 Å². The maximum absolute atomic E-state index is 11.7. The van der Waals surface area contributed by atoms with Crippen molar-refractivity contribution >= 4 is 5.91 Å². The zero-order valence-electron chi connectivity index (χ0n) is 8.29. The van der Waals surface area contributed by atoms with Gasteiger partial charge in [0.1, 0.15) is 0 Å². The molecule has 0 bridgehead atoms. The molecule has 76 valence electrons. The average molecular weight is 186 g/mol. The highest BCUT2D eigenvalue weighted by molar-refractivity contribution is 5.82. The maximum atomic E-state index is 11.7. The van der Waals surface area contributed by atoms with Crippen molar-refractivity contribution in [2.75, 3.05) is 19.7 Å². The van der Waals surface area contributed by atoms with E-state index in [1.54, 1.807) is 0 Å². The molecule has 1 aliphatic rings. The molecule has 4 heteroatoms. The molecule has 4 nitrogen and oxygen atoms in total. The van der Waals surface area contributed by atoms with Gasteiger partial charge in [-0.2, -0.15) is 0 Å². The van der Waals surface area contributed by atoms with Gasteiger partial charge in [-0.25, -0.2) is 0 Å². The van der Waals surface area contributed by atoms with Crippen molar-refractivity contribution in [3.8, 4) is 0 Å². The Labute approximate surface area is 78.9 Å². The Balaban J connectivity index is 2.55. The van der Waals surface area contributed by atoms with Gasteiger partial charge in [0.05, 0.1) is 6.04 Å². The summed E-state index contributed by atoms with van der Waals surface area (Å²) < 4.78 is 0. The molecule has 0 spiro atoms. The van der Waals surface area contributed by atoms with E-state index in [2.05, 4.69) is 5.32 Å². The van der Waals surface area contributed by atoms with Crippen LogP contribution in [0.1, 0.15) is 20.3 Å². The molecule has 1 aliphatic heterocycles. The van der Waals surface area contributed by atoms with Crippen LogP contribution in [-0.2, 0) is 4.79 Å². The number of carbonyl (C=O) groups excluding carboxylic acids is 1. The van der Waals surface area contributed by atoms with Crippen LogP contribution in [0.5, 0.6) is 0 Å². The fraction of sp³-hybridized carbons (Fsp3) is 0.889. The number of nitrogens with one attached hydrogen (secondary N) is 1. The van der Waals surface area contributed by atoms with Gasteiger partial charge in [0.15, 0.2) is 0 Å². The molecule has 0 aromatic rings. The lowest BCUT2D eigenvalue weighted by Crippen LogP contribution is -2.57. The van der Waals surface area contributed by atoms with Crippen molar-refractivity contribution in [3.63, 3.8) is 0 Å². The number of hydrogen-bond donors (Lipinski definition) is 2. The van der Waals surface area contributed by atoms with Gasteiger partial charge in [-0.05, 0) is 20.3 Å². The van der Waals surface area contributed by atoms with Gasteiger partial charge in [-0.15, -0.1) is 0 Å². The van der Waals surface area contributed by atoms with Gasteiger partial charge in [-0.1, -0.05) is 0 Å². The van der Waals surface area contributed by atoms with Crippen LogP contribution in [0.4, 0.5) is 0 Å². The summed E-state index contributed by atoms with van der Waals surface area (Å²) in [7, 11) is 0. The summed E-state index contributed by atoms with van der Waals surface area (Å²) in [6.45, 7) is 5.70. The van der Waals surface area contributed by atoms with Crippen LogP contribution < -0.4 is 5.32 Å². The topological polar surface area (TPSA) is 52.6 Å². The molecule has 0 aromatic heterocycles. The number of nitrogens with zero attached hydrogens (tertiary/aromatic N) is 1. The van der Waals surface area contributed by atoms with Crippen LogP contribution >= 0.6 is 0 Å². The van der Waals surface area contributed by atoms with Crippen molar-refractivity contribution < 1.29 is 9.90 Å². The molecule has 1 atom stereocenters. The lowest BCUT2D eigenvalue weighted by atomic mass is 10.1. The molecule has 0 aromatic carbocycles. The minimum absolute atomic E-state index is 0.0648. The summed E-state index contributed by atoms with van der Waals surface area (Å²) in [5.41, 5.74) is 0. The standard InChI is InChI=1S/C9H18N2O2/c1-7(2)11-5-4-10-8(3-6-12)9(11)13/h7-8,10,12H,3-6H2,1-2H3. The van der Waals surface area contributed by atoms with E-state index >= 15 is 0 Å². The SMILES string of the molecule is CC(C)N1CCNC(CCO)C1=O. The Morgan fingerprint density at radius 2 is 2.38 bits per heavy atom. The van der Waals surface area contributed by atoms with Crippen molar-refractivity contribution in [1.82, 2.24) is 10.2 Å². The fourth-order valence-electron chi connectivity index (χ4n) is 1.62. The molecule has 1 saturated heterocycles. The molecule has 2 N–H and O–H groups in total. The van der Waals surface area contributed by atoms with E-state index in [1.807, 2.05) is 18.7 Å². The van der Waals surface area contributed by atoms with Gasteiger partial charge in [-0.3, -0.25) is 4.79 Å². The van der Waals surface area contributed by atoms with E-state index in [0.717, 1.165) is 13.1 Å². The van der Waals surface area contributed by atoms with Crippen molar-refractivity contribution in [1.29, 1.82) is 0 Å². The highest BCUT2D eigenvalue weighted by Crippen LogP contribution is 2.08. The zero-order valence-corrected chi connectivity index (χ0v) is 8.29.